The summed E-state index contributed by atoms with van der Waals surface area (Å²) in [6, 6.07) is 2.85. The van der Waals surface area contributed by atoms with Crippen LogP contribution in [0.3, 0.4) is 0 Å². The van der Waals surface area contributed by atoms with Gasteiger partial charge in [-0.05, 0) is 36.6 Å². The Morgan fingerprint density at radius 1 is 1.24 bits per heavy atom. The Balaban J connectivity index is 1.75. The number of ether oxygens (including phenoxy) is 2. The summed E-state index contributed by atoms with van der Waals surface area (Å²) in [5.74, 6) is -1.71. The molecule has 2 amide bonds. The molecule has 1 aliphatic heterocycles. The van der Waals surface area contributed by atoms with Crippen LogP contribution in [0.2, 0.25) is 0 Å². The van der Waals surface area contributed by atoms with Gasteiger partial charge in [0.2, 0.25) is 0 Å². The van der Waals surface area contributed by atoms with E-state index in [0.29, 0.717) is 37.2 Å². The molecule has 1 fully saturated rings. The number of methoxy groups -OCH3 is 1. The van der Waals surface area contributed by atoms with Crippen molar-refractivity contribution in [3.63, 3.8) is 0 Å². The first kappa shape index (κ1) is 22.9. The van der Waals surface area contributed by atoms with Crippen molar-refractivity contribution in [2.75, 3.05) is 26.8 Å². The van der Waals surface area contributed by atoms with Gasteiger partial charge in [0.15, 0.2) is 6.61 Å². The van der Waals surface area contributed by atoms with Crippen molar-refractivity contribution in [3.8, 4) is 0 Å². The minimum Gasteiger partial charge on any atom is -0.467 e. The molecule has 0 saturated carbocycles. The Morgan fingerprint density at radius 3 is 2.48 bits per heavy atom. The van der Waals surface area contributed by atoms with Crippen LogP contribution in [-0.4, -0.2) is 61.5 Å². The van der Waals surface area contributed by atoms with Crippen LogP contribution in [0, 0.1) is 11.8 Å². The van der Waals surface area contributed by atoms with E-state index in [4.69, 9.17) is 9.47 Å². The van der Waals surface area contributed by atoms with E-state index in [2.05, 4.69) is 5.32 Å². The summed E-state index contributed by atoms with van der Waals surface area (Å²) in [5, 5.41) is 4.41. The Morgan fingerprint density at radius 2 is 1.93 bits per heavy atom. The van der Waals surface area contributed by atoms with Crippen LogP contribution in [-0.2, 0) is 23.9 Å². The highest BCUT2D eigenvalue weighted by Crippen LogP contribution is 2.21. The standard InChI is InChI=1S/C20H28N2O6S/c1-13(2)11-15(20(26)27-3)21-17(23)12-28-19(25)14-6-8-22(9-7-14)18(24)16-5-4-10-29-16/h4-5,10,13-15H,6-9,11-12H2,1-3H3,(H,21,23)/t15-/m1/s1. The molecule has 0 radical (unpaired) electrons. The quantitative estimate of drug-likeness (QED) is 0.639. The highest BCUT2D eigenvalue weighted by Gasteiger charge is 2.30. The molecule has 8 nitrogen and oxygen atoms in total. The highest BCUT2D eigenvalue weighted by atomic mass is 32.1. The van der Waals surface area contributed by atoms with Crippen molar-refractivity contribution in [1.82, 2.24) is 10.2 Å². The van der Waals surface area contributed by atoms with Gasteiger partial charge < -0.3 is 19.7 Å². The number of nitrogens with one attached hydrogen (secondary N) is 1. The first-order chi connectivity index (χ1) is 13.8. The van der Waals surface area contributed by atoms with Gasteiger partial charge in [0.1, 0.15) is 6.04 Å². The number of rotatable bonds is 8. The van der Waals surface area contributed by atoms with Gasteiger partial charge in [0.05, 0.1) is 17.9 Å². The third kappa shape index (κ3) is 6.85. The van der Waals surface area contributed by atoms with Gasteiger partial charge in [-0.15, -0.1) is 11.3 Å². The predicted octanol–water partition coefficient (Wildman–Crippen LogP) is 1.85. The van der Waals surface area contributed by atoms with E-state index in [1.165, 1.54) is 18.4 Å². The molecule has 0 spiro atoms. The van der Waals surface area contributed by atoms with Crippen molar-refractivity contribution in [1.29, 1.82) is 0 Å². The van der Waals surface area contributed by atoms with Gasteiger partial charge in [-0.1, -0.05) is 19.9 Å². The molecule has 1 aromatic heterocycles. The summed E-state index contributed by atoms with van der Waals surface area (Å²) in [7, 11) is 1.26. The minimum atomic E-state index is -0.766. The zero-order valence-electron chi connectivity index (χ0n) is 17.0. The summed E-state index contributed by atoms with van der Waals surface area (Å²) in [6.45, 7) is 4.36. The van der Waals surface area contributed by atoms with E-state index in [1.807, 2.05) is 25.3 Å². The maximum Gasteiger partial charge on any atom is 0.328 e. The number of thiophene rings is 1. The molecule has 1 N–H and O–H groups in total. The molecule has 2 heterocycles. The number of esters is 2. The smallest absolute Gasteiger partial charge is 0.328 e. The number of hydrogen-bond acceptors (Lipinski definition) is 7. The van der Waals surface area contributed by atoms with E-state index in [0.717, 1.165) is 0 Å². The van der Waals surface area contributed by atoms with Gasteiger partial charge in [0.25, 0.3) is 11.8 Å². The predicted molar refractivity (Wildman–Crippen MR) is 107 cm³/mol. The van der Waals surface area contributed by atoms with Crippen LogP contribution in [0.1, 0.15) is 42.8 Å². The fourth-order valence-corrected chi connectivity index (χ4v) is 3.88. The normalized spacial score (nSPS) is 15.7. The van der Waals surface area contributed by atoms with Gasteiger partial charge >= 0.3 is 11.9 Å². The third-order valence-corrected chi connectivity index (χ3v) is 5.58. The lowest BCUT2D eigenvalue weighted by atomic mass is 9.97. The van der Waals surface area contributed by atoms with Crippen molar-refractivity contribution in [2.24, 2.45) is 11.8 Å². The monoisotopic (exact) mass is 424 g/mol. The van der Waals surface area contributed by atoms with E-state index in [9.17, 15) is 19.2 Å². The Kier molecular flexibility index (Phi) is 8.63. The van der Waals surface area contributed by atoms with E-state index < -0.39 is 30.5 Å². The number of piperidine rings is 1. The molecular weight excluding hydrogens is 396 g/mol. The summed E-state index contributed by atoms with van der Waals surface area (Å²) >= 11 is 1.39. The first-order valence-corrected chi connectivity index (χ1v) is 10.6. The van der Waals surface area contributed by atoms with Crippen LogP contribution < -0.4 is 5.32 Å². The van der Waals surface area contributed by atoms with Gasteiger partial charge in [0, 0.05) is 13.1 Å². The number of carbonyl (C=O) groups excluding carboxylic acids is 4. The van der Waals surface area contributed by atoms with E-state index in [-0.39, 0.29) is 17.7 Å². The lowest BCUT2D eigenvalue weighted by molar-refractivity contribution is -0.154. The molecule has 9 heteroatoms. The third-order valence-electron chi connectivity index (χ3n) is 4.72. The van der Waals surface area contributed by atoms with Crippen molar-refractivity contribution in [2.45, 2.75) is 39.2 Å². The molecule has 29 heavy (non-hydrogen) atoms. The summed E-state index contributed by atoms with van der Waals surface area (Å²) in [6.07, 6.45) is 1.43. The average Bonchev–Trinajstić information content (AvgIpc) is 3.25. The van der Waals surface area contributed by atoms with Gasteiger partial charge in [-0.25, -0.2) is 4.79 Å². The van der Waals surface area contributed by atoms with Gasteiger partial charge in [-0.3, -0.25) is 14.4 Å². The van der Waals surface area contributed by atoms with Crippen LogP contribution in [0.25, 0.3) is 0 Å². The SMILES string of the molecule is COC(=O)[C@@H](CC(C)C)NC(=O)COC(=O)C1CCN(C(=O)c2cccs2)CC1. The van der Waals surface area contributed by atoms with E-state index in [1.54, 1.807) is 11.0 Å². The second kappa shape index (κ2) is 10.9. The molecule has 1 saturated heterocycles. The molecule has 0 unspecified atom stereocenters. The van der Waals surface area contributed by atoms with Gasteiger partial charge in [-0.2, -0.15) is 0 Å². The summed E-state index contributed by atoms with van der Waals surface area (Å²) in [4.78, 5) is 50.9. The first-order valence-electron chi connectivity index (χ1n) is 9.68. The van der Waals surface area contributed by atoms with Crippen molar-refractivity contribution in [3.05, 3.63) is 22.4 Å². The largest absolute Gasteiger partial charge is 0.467 e. The fourth-order valence-electron chi connectivity index (χ4n) is 3.19. The molecule has 1 atom stereocenters. The van der Waals surface area contributed by atoms with Crippen LogP contribution in [0.15, 0.2) is 17.5 Å². The molecule has 0 bridgehead atoms. The molecule has 1 aromatic rings. The maximum absolute atomic E-state index is 12.3. The minimum absolute atomic E-state index is 0.0230. The maximum atomic E-state index is 12.3. The number of hydrogen-bond donors (Lipinski definition) is 1. The topological polar surface area (TPSA) is 102 Å². The molecule has 0 aliphatic carbocycles. The Labute approximate surface area is 174 Å². The Bertz CT molecular complexity index is 711. The second-order valence-electron chi connectivity index (χ2n) is 7.42. The molecule has 160 valence electrons. The lowest BCUT2D eigenvalue weighted by Gasteiger charge is -2.30. The van der Waals surface area contributed by atoms with Crippen molar-refractivity contribution >= 4 is 35.1 Å². The summed E-state index contributed by atoms with van der Waals surface area (Å²) in [5.41, 5.74) is 0. The Hall–Kier alpha value is -2.42. The zero-order valence-corrected chi connectivity index (χ0v) is 17.8. The molecule has 1 aliphatic rings. The molecule has 0 aromatic carbocycles. The number of amides is 2. The van der Waals surface area contributed by atoms with E-state index >= 15 is 0 Å². The summed E-state index contributed by atoms with van der Waals surface area (Å²) < 4.78 is 9.82. The van der Waals surface area contributed by atoms with Crippen molar-refractivity contribution < 1.29 is 28.7 Å². The number of carbonyl (C=O) groups is 4. The lowest BCUT2D eigenvalue weighted by Crippen LogP contribution is -2.44. The molecule has 2 rings (SSSR count). The second-order valence-corrected chi connectivity index (χ2v) is 8.37. The van der Waals surface area contributed by atoms with Crippen LogP contribution in [0.4, 0.5) is 0 Å². The van der Waals surface area contributed by atoms with Crippen LogP contribution in [0.5, 0.6) is 0 Å². The molecular formula is C20H28N2O6S. The average molecular weight is 425 g/mol. The zero-order chi connectivity index (χ0) is 21.4. The number of nitrogens with zero attached hydrogens (tertiary/aromatic N) is 1. The highest BCUT2D eigenvalue weighted by molar-refractivity contribution is 7.12. The number of likely N-dealkylation sites (tertiary alicyclic amines) is 1. The fraction of sp³-hybridized carbons (Fsp3) is 0.600. The van der Waals surface area contributed by atoms with Crippen LogP contribution >= 0.6 is 11.3 Å².